The number of nitrogens with one attached hydrogen (secondary N) is 1. The fourth-order valence-corrected chi connectivity index (χ4v) is 2.19. The van der Waals surface area contributed by atoms with E-state index in [0.717, 1.165) is 11.3 Å². The molecule has 0 spiro atoms. The summed E-state index contributed by atoms with van der Waals surface area (Å²) in [6.45, 7) is 0.638. The van der Waals surface area contributed by atoms with Crippen LogP contribution >= 0.6 is 12.2 Å². The Kier molecular flexibility index (Phi) is 5.91. The van der Waals surface area contributed by atoms with Crippen molar-refractivity contribution in [3.05, 3.63) is 66.2 Å². The van der Waals surface area contributed by atoms with E-state index in [-0.39, 0.29) is 12.5 Å². The second-order valence-corrected chi connectivity index (χ2v) is 5.10. The van der Waals surface area contributed by atoms with Gasteiger partial charge in [-0.2, -0.15) is 0 Å². The van der Waals surface area contributed by atoms with Gasteiger partial charge in [0.25, 0.3) is 0 Å². The lowest BCUT2D eigenvalue weighted by atomic mass is 10.2. The van der Waals surface area contributed by atoms with Gasteiger partial charge < -0.3 is 15.0 Å². The molecule has 22 heavy (non-hydrogen) atoms. The number of benzene rings is 2. The molecule has 114 valence electrons. The maximum atomic E-state index is 11.6. The standard InChI is InChI=1S/C17H18N2O2S/c1-21-16(20)13-19(12-14-8-4-2-5-9-14)17(22)18-15-10-6-3-7-11-15/h2-11H,12-13H2,1H3,(H,18,22). The predicted octanol–water partition coefficient (Wildman–Crippen LogP) is 3.06. The number of nitrogens with zero attached hydrogens (tertiary/aromatic N) is 1. The fourth-order valence-electron chi connectivity index (χ4n) is 1.95. The van der Waals surface area contributed by atoms with Crippen LogP contribution < -0.4 is 5.32 Å². The summed E-state index contributed by atoms with van der Waals surface area (Å²) in [6, 6.07) is 19.5. The highest BCUT2D eigenvalue weighted by molar-refractivity contribution is 7.80. The summed E-state index contributed by atoms with van der Waals surface area (Å²) in [4.78, 5) is 13.4. The molecule has 4 nitrogen and oxygen atoms in total. The highest BCUT2D eigenvalue weighted by Gasteiger charge is 2.15. The van der Waals surface area contributed by atoms with Crippen molar-refractivity contribution in [3.63, 3.8) is 0 Å². The van der Waals surface area contributed by atoms with Crippen molar-refractivity contribution >= 4 is 29.0 Å². The topological polar surface area (TPSA) is 41.6 Å². The number of hydrogen-bond donors (Lipinski definition) is 1. The molecule has 0 aliphatic carbocycles. The van der Waals surface area contributed by atoms with E-state index >= 15 is 0 Å². The Bertz CT molecular complexity index is 617. The zero-order chi connectivity index (χ0) is 15.8. The summed E-state index contributed by atoms with van der Waals surface area (Å²) >= 11 is 5.43. The Morgan fingerprint density at radius 3 is 2.27 bits per heavy atom. The summed E-state index contributed by atoms with van der Waals surface area (Å²) in [7, 11) is 1.37. The molecule has 0 saturated heterocycles. The lowest BCUT2D eigenvalue weighted by Gasteiger charge is -2.24. The van der Waals surface area contributed by atoms with Crippen LogP contribution in [0.5, 0.6) is 0 Å². The predicted molar refractivity (Wildman–Crippen MR) is 91.5 cm³/mol. The summed E-state index contributed by atoms with van der Waals surface area (Å²) in [5.74, 6) is -0.326. The van der Waals surface area contributed by atoms with Crippen molar-refractivity contribution in [3.8, 4) is 0 Å². The van der Waals surface area contributed by atoms with E-state index in [0.29, 0.717) is 11.7 Å². The first kappa shape index (κ1) is 16.0. The van der Waals surface area contributed by atoms with Gasteiger partial charge in [-0.3, -0.25) is 4.79 Å². The van der Waals surface area contributed by atoms with Crippen LogP contribution in [-0.2, 0) is 16.1 Å². The van der Waals surface area contributed by atoms with Crippen LogP contribution in [-0.4, -0.2) is 29.6 Å². The van der Waals surface area contributed by atoms with Crippen molar-refractivity contribution in [1.29, 1.82) is 0 Å². The average molecular weight is 314 g/mol. The minimum absolute atomic E-state index is 0.101. The van der Waals surface area contributed by atoms with Crippen LogP contribution in [0.25, 0.3) is 0 Å². The van der Waals surface area contributed by atoms with Gasteiger partial charge in [0, 0.05) is 12.2 Å². The molecule has 0 unspecified atom stereocenters. The second kappa shape index (κ2) is 8.14. The van der Waals surface area contributed by atoms with Gasteiger partial charge in [0.15, 0.2) is 5.11 Å². The Morgan fingerprint density at radius 2 is 1.68 bits per heavy atom. The van der Waals surface area contributed by atoms with Crippen LogP contribution in [0.2, 0.25) is 0 Å². The smallest absolute Gasteiger partial charge is 0.325 e. The minimum Gasteiger partial charge on any atom is -0.468 e. The second-order valence-electron chi connectivity index (χ2n) is 4.71. The van der Waals surface area contributed by atoms with Crippen LogP contribution in [0.15, 0.2) is 60.7 Å². The highest BCUT2D eigenvalue weighted by Crippen LogP contribution is 2.10. The Balaban J connectivity index is 2.09. The normalized spacial score (nSPS) is 9.86. The molecule has 0 aliphatic heterocycles. The third kappa shape index (κ3) is 4.86. The molecule has 0 aliphatic rings. The van der Waals surface area contributed by atoms with Gasteiger partial charge >= 0.3 is 5.97 Å². The Labute approximate surface area is 135 Å². The average Bonchev–Trinajstić information content (AvgIpc) is 2.56. The van der Waals surface area contributed by atoms with Gasteiger partial charge in [-0.1, -0.05) is 48.5 Å². The maximum absolute atomic E-state index is 11.6. The maximum Gasteiger partial charge on any atom is 0.325 e. The summed E-state index contributed by atoms with van der Waals surface area (Å²) < 4.78 is 4.75. The minimum atomic E-state index is -0.326. The number of hydrogen-bond acceptors (Lipinski definition) is 3. The monoisotopic (exact) mass is 314 g/mol. The van der Waals surface area contributed by atoms with E-state index in [1.54, 1.807) is 4.90 Å². The third-order valence-corrected chi connectivity index (χ3v) is 3.44. The zero-order valence-electron chi connectivity index (χ0n) is 12.4. The van der Waals surface area contributed by atoms with Gasteiger partial charge in [-0.25, -0.2) is 0 Å². The number of ether oxygens (including phenoxy) is 1. The number of anilines is 1. The van der Waals surface area contributed by atoms with Gasteiger partial charge in [0.2, 0.25) is 0 Å². The summed E-state index contributed by atoms with van der Waals surface area (Å²) in [5.41, 5.74) is 1.96. The molecular weight excluding hydrogens is 296 g/mol. The third-order valence-electron chi connectivity index (χ3n) is 3.08. The van der Waals surface area contributed by atoms with Crippen LogP contribution in [0.4, 0.5) is 5.69 Å². The number of para-hydroxylation sites is 1. The van der Waals surface area contributed by atoms with Crippen molar-refractivity contribution < 1.29 is 9.53 Å². The largest absolute Gasteiger partial charge is 0.468 e. The first-order valence-electron chi connectivity index (χ1n) is 6.91. The van der Waals surface area contributed by atoms with Gasteiger partial charge in [-0.05, 0) is 29.9 Å². The first-order chi connectivity index (χ1) is 10.7. The lowest BCUT2D eigenvalue weighted by Crippen LogP contribution is -2.38. The molecule has 0 bridgehead atoms. The Morgan fingerprint density at radius 1 is 1.09 bits per heavy atom. The molecular formula is C17H18N2O2S. The molecule has 5 heteroatoms. The first-order valence-corrected chi connectivity index (χ1v) is 7.31. The van der Waals surface area contributed by atoms with E-state index in [4.69, 9.17) is 17.0 Å². The molecule has 2 aromatic rings. The lowest BCUT2D eigenvalue weighted by molar-refractivity contribution is -0.141. The number of carbonyl (C=O) groups excluding carboxylic acids is 1. The molecule has 0 amide bonds. The molecule has 0 atom stereocenters. The zero-order valence-corrected chi connectivity index (χ0v) is 13.2. The van der Waals surface area contributed by atoms with Crippen LogP contribution in [0.1, 0.15) is 5.56 Å². The van der Waals surface area contributed by atoms with Crippen LogP contribution in [0, 0.1) is 0 Å². The van der Waals surface area contributed by atoms with Gasteiger partial charge in [0.05, 0.1) is 7.11 Å². The molecule has 0 heterocycles. The number of rotatable bonds is 5. The van der Waals surface area contributed by atoms with Crippen molar-refractivity contribution in [2.45, 2.75) is 6.54 Å². The molecule has 0 radical (unpaired) electrons. The van der Waals surface area contributed by atoms with Crippen molar-refractivity contribution in [2.75, 3.05) is 19.0 Å². The number of thiocarbonyl (C=S) groups is 1. The quantitative estimate of drug-likeness (QED) is 0.678. The molecule has 2 rings (SSSR count). The van der Waals surface area contributed by atoms with E-state index in [1.807, 2.05) is 60.7 Å². The van der Waals surface area contributed by atoms with E-state index in [9.17, 15) is 4.79 Å². The number of carbonyl (C=O) groups is 1. The van der Waals surface area contributed by atoms with Crippen molar-refractivity contribution in [2.24, 2.45) is 0 Å². The van der Waals surface area contributed by atoms with E-state index in [2.05, 4.69) is 5.32 Å². The summed E-state index contributed by atoms with van der Waals surface area (Å²) in [5, 5.41) is 3.63. The molecule has 0 saturated carbocycles. The van der Waals surface area contributed by atoms with Gasteiger partial charge in [-0.15, -0.1) is 0 Å². The van der Waals surface area contributed by atoms with E-state index < -0.39 is 0 Å². The van der Waals surface area contributed by atoms with E-state index in [1.165, 1.54) is 7.11 Å². The summed E-state index contributed by atoms with van der Waals surface area (Å²) in [6.07, 6.45) is 0. The van der Waals surface area contributed by atoms with Gasteiger partial charge in [0.1, 0.15) is 6.54 Å². The number of methoxy groups -OCH3 is 1. The molecule has 0 fully saturated rings. The Hall–Kier alpha value is -2.40. The molecule has 2 aromatic carbocycles. The highest BCUT2D eigenvalue weighted by atomic mass is 32.1. The molecule has 0 aromatic heterocycles. The fraction of sp³-hybridized carbons (Fsp3) is 0.176. The molecule has 1 N–H and O–H groups in total. The number of esters is 1. The van der Waals surface area contributed by atoms with Crippen LogP contribution in [0.3, 0.4) is 0 Å². The SMILES string of the molecule is COC(=O)CN(Cc1ccccc1)C(=S)Nc1ccccc1. The van der Waals surface area contributed by atoms with Crippen molar-refractivity contribution in [1.82, 2.24) is 4.90 Å².